The van der Waals surface area contributed by atoms with Gasteiger partial charge in [0.15, 0.2) is 0 Å². The van der Waals surface area contributed by atoms with Crippen molar-refractivity contribution in [1.82, 2.24) is 0 Å². The van der Waals surface area contributed by atoms with Crippen LogP contribution in [0, 0.1) is 0 Å². The van der Waals surface area contributed by atoms with E-state index in [4.69, 9.17) is 24.3 Å². The zero-order valence-corrected chi connectivity index (χ0v) is 26.0. The molecule has 5 aromatic carbocycles. The van der Waals surface area contributed by atoms with Crippen LogP contribution in [-0.4, -0.2) is 22.1 Å². The van der Waals surface area contributed by atoms with Crippen molar-refractivity contribution in [1.29, 1.82) is 0 Å². The fraction of sp³-hybridized carbons (Fsp3) is 0. The van der Waals surface area contributed by atoms with Crippen LogP contribution in [0.15, 0.2) is 128 Å². The van der Waals surface area contributed by atoms with Gasteiger partial charge in [-0.25, -0.2) is 36.8 Å². The predicted octanol–water partition coefficient (Wildman–Crippen LogP) is 6.74. The van der Waals surface area contributed by atoms with E-state index >= 15 is 0 Å². The average Bonchev–Trinajstić information content (AvgIpc) is 3.02. The third-order valence-corrected chi connectivity index (χ3v) is 9.50. The summed E-state index contributed by atoms with van der Waals surface area (Å²) in [7, 11) is -7.65. The van der Waals surface area contributed by atoms with E-state index in [9.17, 15) is 16.8 Å². The van der Waals surface area contributed by atoms with Gasteiger partial charge in [0.1, 0.15) is 0 Å². The van der Waals surface area contributed by atoms with Crippen LogP contribution in [0.3, 0.4) is 0 Å². The van der Waals surface area contributed by atoms with Crippen molar-refractivity contribution in [3.8, 4) is 11.1 Å². The molecule has 6 rings (SSSR count). The fourth-order valence-electron chi connectivity index (χ4n) is 4.92. The first kappa shape index (κ1) is 31.4. The first-order valence-electron chi connectivity index (χ1n) is 13.4. The quantitative estimate of drug-likeness (QED) is 0.0339. The number of primary sulfonamides is 2. The van der Waals surface area contributed by atoms with Crippen molar-refractivity contribution in [2.45, 2.75) is 14.7 Å². The van der Waals surface area contributed by atoms with Crippen LogP contribution in [0.4, 0.5) is 22.7 Å². The SMILES string of the molecule is NS(=O)(=O)c1ccc(Nc2ccc3c(-c4ccccc4SOOO)c4ccc(Nc5ccc(S(N)(=O)=O)cc5)cc4[o+]c3c2)cc1. The standard InChI is InChI=1S/C31H24N4O8S3/c32-45(37,38)23-11-5-19(6-12-23)34-21-9-15-25-28(17-21)41-29-18-22(35-20-7-13-24(14-8-20)46(33,39)40)10-16-26(29)31(25)27-3-1-2-4-30(27)44-43-42-36/h1-18,34-35H,(H4-,32,33,36,37,38,39,40)/p+1. The third-order valence-electron chi connectivity index (χ3n) is 6.98. The number of nitrogens with one attached hydrogen (secondary N) is 2. The Morgan fingerprint density at radius 1 is 0.630 bits per heavy atom. The number of rotatable bonds is 10. The minimum absolute atomic E-state index is 0.000411. The van der Waals surface area contributed by atoms with E-state index in [2.05, 4.69) is 15.7 Å². The van der Waals surface area contributed by atoms with Gasteiger partial charge >= 0.3 is 11.2 Å². The van der Waals surface area contributed by atoms with E-state index in [0.29, 0.717) is 38.8 Å². The molecule has 0 bridgehead atoms. The van der Waals surface area contributed by atoms with Crippen molar-refractivity contribution in [3.05, 3.63) is 109 Å². The summed E-state index contributed by atoms with van der Waals surface area (Å²) in [6.45, 7) is 0. The highest BCUT2D eigenvalue weighted by Gasteiger charge is 2.23. The molecule has 0 aliphatic heterocycles. The van der Waals surface area contributed by atoms with Gasteiger partial charge in [0, 0.05) is 33.2 Å². The Balaban J connectivity index is 1.45. The van der Waals surface area contributed by atoms with E-state index in [1.54, 1.807) is 24.3 Å². The first-order chi connectivity index (χ1) is 22.0. The van der Waals surface area contributed by atoms with Gasteiger partial charge in [-0.05, 0) is 84.4 Å². The number of hydrogen-bond acceptors (Lipinski definition) is 10. The largest absolute Gasteiger partial charge is 0.363 e. The summed E-state index contributed by atoms with van der Waals surface area (Å²) in [5.74, 6) is 0. The van der Waals surface area contributed by atoms with Gasteiger partial charge in [-0.1, -0.05) is 23.2 Å². The van der Waals surface area contributed by atoms with E-state index in [-0.39, 0.29) is 9.79 Å². The highest BCUT2D eigenvalue weighted by atomic mass is 32.2. The van der Waals surface area contributed by atoms with Crippen molar-refractivity contribution >= 4 is 76.8 Å². The molecule has 234 valence electrons. The molecular formula is C31H25N4O8S3+. The molecule has 0 saturated heterocycles. The van der Waals surface area contributed by atoms with E-state index < -0.39 is 20.0 Å². The molecule has 1 heterocycles. The Bertz CT molecular complexity index is 2170. The topological polar surface area (TPSA) is 194 Å². The molecule has 12 nitrogen and oxygen atoms in total. The van der Waals surface area contributed by atoms with Gasteiger partial charge in [-0.2, -0.15) is 0 Å². The van der Waals surface area contributed by atoms with Crippen LogP contribution in [-0.2, 0) is 29.4 Å². The molecule has 1 aromatic heterocycles. The molecule has 0 saturated carbocycles. The van der Waals surface area contributed by atoms with Gasteiger partial charge in [0.25, 0.3) is 0 Å². The number of benzene rings is 5. The fourth-order valence-corrected chi connectivity index (χ4v) is 6.45. The molecule has 46 heavy (non-hydrogen) atoms. The Kier molecular flexibility index (Phi) is 8.65. The molecule has 7 N–H and O–H groups in total. The van der Waals surface area contributed by atoms with Crippen molar-refractivity contribution in [3.63, 3.8) is 0 Å². The number of sulfonamides is 2. The molecule has 6 aromatic rings. The number of nitrogens with two attached hydrogens (primary N) is 2. The minimum atomic E-state index is -3.82. The van der Waals surface area contributed by atoms with Crippen LogP contribution in [0.1, 0.15) is 0 Å². The smallest absolute Gasteiger partial charge is 0.355 e. The zero-order chi connectivity index (χ0) is 32.5. The molecule has 0 aliphatic carbocycles. The van der Waals surface area contributed by atoms with Gasteiger partial charge in [0.05, 0.1) is 44.7 Å². The van der Waals surface area contributed by atoms with Crippen LogP contribution in [0.2, 0.25) is 0 Å². The molecule has 0 atom stereocenters. The van der Waals surface area contributed by atoms with Crippen LogP contribution < -0.4 is 20.9 Å². The lowest BCUT2D eigenvalue weighted by Crippen LogP contribution is -2.11. The monoisotopic (exact) mass is 677 g/mol. The molecule has 0 radical (unpaired) electrons. The molecule has 0 amide bonds. The van der Waals surface area contributed by atoms with Crippen molar-refractivity contribution < 1.29 is 35.9 Å². The summed E-state index contributed by atoms with van der Waals surface area (Å²) in [6, 6.07) is 30.7. The maximum absolute atomic E-state index is 11.6. The maximum atomic E-state index is 11.6. The summed E-state index contributed by atoms with van der Waals surface area (Å²) in [4.78, 5) is 0.666. The second-order valence-electron chi connectivity index (χ2n) is 10.0. The molecule has 15 heteroatoms. The molecular weight excluding hydrogens is 653 g/mol. The number of hydrogen-bond donors (Lipinski definition) is 5. The summed E-state index contributed by atoms with van der Waals surface area (Å²) in [6.07, 6.45) is 0. The van der Waals surface area contributed by atoms with Crippen LogP contribution in [0.5, 0.6) is 0 Å². The van der Waals surface area contributed by atoms with E-state index in [0.717, 1.165) is 33.9 Å². The Hall–Kier alpha value is -4.58. The second-order valence-corrected chi connectivity index (χ2v) is 13.9. The highest BCUT2D eigenvalue weighted by Crippen LogP contribution is 2.42. The van der Waals surface area contributed by atoms with E-state index in [1.165, 1.54) is 24.3 Å². The molecule has 0 fully saturated rings. The number of fused-ring (bicyclic) bond motifs is 2. The number of anilines is 4. The van der Waals surface area contributed by atoms with Gasteiger partial charge in [-0.15, -0.1) is 4.33 Å². The minimum Gasteiger partial charge on any atom is -0.355 e. The van der Waals surface area contributed by atoms with Crippen LogP contribution in [0.25, 0.3) is 33.1 Å². The van der Waals surface area contributed by atoms with Crippen molar-refractivity contribution in [2.24, 2.45) is 10.3 Å². The lowest BCUT2D eigenvalue weighted by molar-refractivity contribution is -0.432. The lowest BCUT2D eigenvalue weighted by atomic mass is 9.96. The van der Waals surface area contributed by atoms with Crippen molar-refractivity contribution in [2.75, 3.05) is 10.6 Å². The Morgan fingerprint density at radius 3 is 1.54 bits per heavy atom. The van der Waals surface area contributed by atoms with Crippen LogP contribution >= 0.6 is 12.0 Å². The molecule has 0 unspecified atom stereocenters. The Morgan fingerprint density at radius 2 is 1.09 bits per heavy atom. The normalized spacial score (nSPS) is 12.0. The highest BCUT2D eigenvalue weighted by molar-refractivity contribution is 7.94. The zero-order valence-electron chi connectivity index (χ0n) is 23.6. The summed E-state index contributed by atoms with van der Waals surface area (Å²) in [5.41, 5.74) is 5.29. The van der Waals surface area contributed by atoms with E-state index in [1.807, 2.05) is 60.7 Å². The molecule has 0 aliphatic rings. The maximum Gasteiger partial charge on any atom is 0.363 e. The summed E-state index contributed by atoms with van der Waals surface area (Å²) < 4.78 is 57.8. The summed E-state index contributed by atoms with van der Waals surface area (Å²) in [5, 5.41) is 31.2. The molecule has 0 spiro atoms. The Labute approximate surface area is 267 Å². The first-order valence-corrected chi connectivity index (χ1v) is 17.2. The third kappa shape index (κ3) is 6.81. The van der Waals surface area contributed by atoms with Gasteiger partial charge < -0.3 is 10.6 Å². The van der Waals surface area contributed by atoms with Gasteiger partial charge in [0.2, 0.25) is 20.0 Å². The summed E-state index contributed by atoms with van der Waals surface area (Å²) >= 11 is 0.844. The average molecular weight is 678 g/mol. The second kappa shape index (κ2) is 12.7. The predicted molar refractivity (Wildman–Crippen MR) is 176 cm³/mol. The van der Waals surface area contributed by atoms with Gasteiger partial charge in [-0.3, -0.25) is 0 Å². The lowest BCUT2D eigenvalue weighted by Gasteiger charge is -2.12.